The Labute approximate surface area is 212 Å². The molecule has 0 aromatic heterocycles. The molecular weight excluding hydrogens is 480 g/mol. The Bertz CT molecular complexity index is 1350. The van der Waals surface area contributed by atoms with Crippen molar-refractivity contribution in [3.8, 4) is 0 Å². The van der Waals surface area contributed by atoms with Crippen molar-refractivity contribution in [1.29, 1.82) is 0 Å². The maximum atomic E-state index is 13.6. The first kappa shape index (κ1) is 24.0. The molecule has 1 aliphatic heterocycles. The molecule has 3 aromatic rings. The number of sulfonamides is 1. The van der Waals surface area contributed by atoms with E-state index in [9.17, 15) is 13.2 Å². The second-order valence-electron chi connectivity index (χ2n) is 9.64. The van der Waals surface area contributed by atoms with Crippen LogP contribution in [0.4, 0.5) is 5.69 Å². The molecule has 2 aliphatic rings. The lowest BCUT2D eigenvalue weighted by Crippen LogP contribution is -2.38. The van der Waals surface area contributed by atoms with Crippen LogP contribution < -0.4 is 5.32 Å². The molecule has 35 heavy (non-hydrogen) atoms. The molecular formula is C28H29ClN2O3S. The number of hydrogen-bond donors (Lipinski definition) is 1. The standard InChI is InChI=1S/C28H29ClN2O3S/c1-20-4-12-26(13-5-20)35(33,34)31-17-14-21-6-11-25(18-22(21)19-31)30-27(32)28(15-2-3-16-28)23-7-9-24(29)10-8-23/h4-13,18H,2-3,14-17,19H2,1H3,(H,30,32). The molecule has 0 saturated heterocycles. The van der Waals surface area contributed by atoms with Gasteiger partial charge in [0.2, 0.25) is 15.9 Å². The number of benzene rings is 3. The molecule has 1 aliphatic carbocycles. The fourth-order valence-corrected chi connectivity index (χ4v) is 6.86. The summed E-state index contributed by atoms with van der Waals surface area (Å²) in [7, 11) is -3.58. The molecule has 1 fully saturated rings. The van der Waals surface area contributed by atoms with Crippen LogP contribution in [0.1, 0.15) is 47.9 Å². The lowest BCUT2D eigenvalue weighted by atomic mass is 9.78. The maximum Gasteiger partial charge on any atom is 0.243 e. The van der Waals surface area contributed by atoms with E-state index in [-0.39, 0.29) is 12.5 Å². The largest absolute Gasteiger partial charge is 0.325 e. The quantitative estimate of drug-likeness (QED) is 0.470. The number of fused-ring (bicyclic) bond motifs is 1. The summed E-state index contributed by atoms with van der Waals surface area (Å²) in [5, 5.41) is 3.79. The molecule has 0 bridgehead atoms. The van der Waals surface area contributed by atoms with Gasteiger partial charge in [0.15, 0.2) is 0 Å². The monoisotopic (exact) mass is 508 g/mol. The molecule has 182 valence electrons. The summed E-state index contributed by atoms with van der Waals surface area (Å²) < 4.78 is 28.0. The summed E-state index contributed by atoms with van der Waals surface area (Å²) >= 11 is 6.08. The zero-order chi connectivity index (χ0) is 24.6. The van der Waals surface area contributed by atoms with Gasteiger partial charge in [-0.3, -0.25) is 4.79 Å². The van der Waals surface area contributed by atoms with Gasteiger partial charge in [0.25, 0.3) is 0 Å². The summed E-state index contributed by atoms with van der Waals surface area (Å²) in [5.41, 5.74) is 4.19. The number of anilines is 1. The Kier molecular flexibility index (Phi) is 6.47. The first-order valence-electron chi connectivity index (χ1n) is 12.0. The van der Waals surface area contributed by atoms with Crippen LogP contribution in [0.3, 0.4) is 0 Å². The molecule has 5 rings (SSSR count). The van der Waals surface area contributed by atoms with Gasteiger partial charge < -0.3 is 5.32 Å². The number of halogens is 1. The van der Waals surface area contributed by atoms with E-state index in [1.165, 1.54) is 4.31 Å². The van der Waals surface area contributed by atoms with Gasteiger partial charge in [-0.2, -0.15) is 4.31 Å². The van der Waals surface area contributed by atoms with Crippen LogP contribution in [-0.4, -0.2) is 25.2 Å². The Morgan fingerprint density at radius 2 is 1.63 bits per heavy atom. The van der Waals surface area contributed by atoms with Crippen molar-refractivity contribution >= 4 is 33.2 Å². The smallest absolute Gasteiger partial charge is 0.243 e. The van der Waals surface area contributed by atoms with Crippen molar-refractivity contribution in [3.63, 3.8) is 0 Å². The summed E-state index contributed by atoms with van der Waals surface area (Å²) in [6.07, 6.45) is 4.25. The Morgan fingerprint density at radius 1 is 0.943 bits per heavy atom. The molecule has 1 saturated carbocycles. The minimum absolute atomic E-state index is 0.0165. The molecule has 0 radical (unpaired) electrons. The highest BCUT2D eigenvalue weighted by Crippen LogP contribution is 2.42. The van der Waals surface area contributed by atoms with Crippen molar-refractivity contribution in [1.82, 2.24) is 4.31 Å². The van der Waals surface area contributed by atoms with E-state index in [0.717, 1.165) is 47.9 Å². The Balaban J connectivity index is 1.37. The normalized spacial score (nSPS) is 17.7. The lowest BCUT2D eigenvalue weighted by molar-refractivity contribution is -0.121. The minimum atomic E-state index is -3.58. The van der Waals surface area contributed by atoms with Crippen LogP contribution in [0.5, 0.6) is 0 Å². The zero-order valence-electron chi connectivity index (χ0n) is 19.8. The number of nitrogens with one attached hydrogen (secondary N) is 1. The second-order valence-corrected chi connectivity index (χ2v) is 12.0. The lowest BCUT2D eigenvalue weighted by Gasteiger charge is -2.30. The number of hydrogen-bond acceptors (Lipinski definition) is 3. The molecule has 0 spiro atoms. The van der Waals surface area contributed by atoms with Crippen molar-refractivity contribution < 1.29 is 13.2 Å². The van der Waals surface area contributed by atoms with E-state index in [1.807, 2.05) is 61.5 Å². The predicted octanol–water partition coefficient (Wildman–Crippen LogP) is 5.85. The molecule has 1 heterocycles. The second kappa shape index (κ2) is 9.41. The van der Waals surface area contributed by atoms with Gasteiger partial charge in [0.1, 0.15) is 0 Å². The summed E-state index contributed by atoms with van der Waals surface area (Å²) in [5.74, 6) is -0.0165. The molecule has 1 amide bonds. The number of rotatable bonds is 5. The number of carbonyl (C=O) groups excluding carboxylic acids is 1. The third-order valence-electron chi connectivity index (χ3n) is 7.39. The van der Waals surface area contributed by atoms with E-state index in [0.29, 0.717) is 28.6 Å². The van der Waals surface area contributed by atoms with Gasteiger partial charge in [0, 0.05) is 23.8 Å². The van der Waals surface area contributed by atoms with Crippen molar-refractivity contribution in [3.05, 3.63) is 94.0 Å². The van der Waals surface area contributed by atoms with Crippen LogP contribution in [0.15, 0.2) is 71.6 Å². The number of carbonyl (C=O) groups is 1. The van der Waals surface area contributed by atoms with E-state index in [2.05, 4.69) is 5.32 Å². The SMILES string of the molecule is Cc1ccc(S(=O)(=O)N2CCc3ccc(NC(=O)C4(c5ccc(Cl)cc5)CCCC4)cc3C2)cc1. The molecule has 0 unspecified atom stereocenters. The fourth-order valence-electron chi connectivity index (χ4n) is 5.32. The summed E-state index contributed by atoms with van der Waals surface area (Å²) in [6.45, 7) is 2.66. The summed E-state index contributed by atoms with van der Waals surface area (Å²) in [4.78, 5) is 13.9. The third kappa shape index (κ3) is 4.63. The molecule has 0 atom stereocenters. The zero-order valence-corrected chi connectivity index (χ0v) is 21.3. The van der Waals surface area contributed by atoms with E-state index < -0.39 is 15.4 Å². The number of amides is 1. The van der Waals surface area contributed by atoms with Gasteiger partial charge in [-0.15, -0.1) is 0 Å². The molecule has 1 N–H and O–H groups in total. The Morgan fingerprint density at radius 3 is 2.31 bits per heavy atom. The van der Waals surface area contributed by atoms with E-state index >= 15 is 0 Å². The first-order valence-corrected chi connectivity index (χ1v) is 13.9. The fraction of sp³-hybridized carbons (Fsp3) is 0.321. The maximum absolute atomic E-state index is 13.6. The van der Waals surface area contributed by atoms with Gasteiger partial charge in [-0.25, -0.2) is 8.42 Å². The third-order valence-corrected chi connectivity index (χ3v) is 9.50. The van der Waals surface area contributed by atoms with Crippen LogP contribution in [-0.2, 0) is 33.2 Å². The minimum Gasteiger partial charge on any atom is -0.325 e. The highest BCUT2D eigenvalue weighted by Gasteiger charge is 2.42. The predicted molar refractivity (Wildman–Crippen MR) is 139 cm³/mol. The number of nitrogens with zero attached hydrogens (tertiary/aromatic N) is 1. The summed E-state index contributed by atoms with van der Waals surface area (Å²) in [6, 6.07) is 20.4. The molecule has 7 heteroatoms. The molecule has 3 aromatic carbocycles. The van der Waals surface area contributed by atoms with Crippen molar-refractivity contribution in [2.45, 2.75) is 55.9 Å². The van der Waals surface area contributed by atoms with Gasteiger partial charge in [-0.05, 0) is 79.3 Å². The van der Waals surface area contributed by atoms with Crippen LogP contribution >= 0.6 is 11.6 Å². The van der Waals surface area contributed by atoms with Gasteiger partial charge >= 0.3 is 0 Å². The Hall–Kier alpha value is -2.67. The first-order chi connectivity index (χ1) is 16.8. The van der Waals surface area contributed by atoms with Crippen molar-refractivity contribution in [2.24, 2.45) is 0 Å². The van der Waals surface area contributed by atoms with E-state index in [1.54, 1.807) is 12.1 Å². The highest BCUT2D eigenvalue weighted by atomic mass is 35.5. The number of aryl methyl sites for hydroxylation is 1. The van der Waals surface area contributed by atoms with Crippen molar-refractivity contribution in [2.75, 3.05) is 11.9 Å². The van der Waals surface area contributed by atoms with Gasteiger partial charge in [-0.1, -0.05) is 60.3 Å². The van der Waals surface area contributed by atoms with Crippen LogP contribution in [0.2, 0.25) is 5.02 Å². The average Bonchev–Trinajstić information content (AvgIpc) is 3.36. The van der Waals surface area contributed by atoms with E-state index in [4.69, 9.17) is 11.6 Å². The van der Waals surface area contributed by atoms with Crippen LogP contribution in [0.25, 0.3) is 0 Å². The van der Waals surface area contributed by atoms with Gasteiger partial charge in [0.05, 0.1) is 10.3 Å². The molecule has 5 nitrogen and oxygen atoms in total. The topological polar surface area (TPSA) is 66.5 Å². The average molecular weight is 509 g/mol. The van der Waals surface area contributed by atoms with Crippen LogP contribution in [0, 0.1) is 6.92 Å². The highest BCUT2D eigenvalue weighted by molar-refractivity contribution is 7.89.